The molecule has 1 aromatic carbocycles. The van der Waals surface area contributed by atoms with Gasteiger partial charge in [-0.2, -0.15) is 10.5 Å². The van der Waals surface area contributed by atoms with Gasteiger partial charge in [-0.15, -0.1) is 0 Å². The maximum atomic E-state index is 12.0. The van der Waals surface area contributed by atoms with E-state index in [1.807, 2.05) is 13.0 Å². The molecule has 0 aliphatic heterocycles. The van der Waals surface area contributed by atoms with E-state index in [2.05, 4.69) is 0 Å². The van der Waals surface area contributed by atoms with Gasteiger partial charge >= 0.3 is 0 Å². The third-order valence-electron chi connectivity index (χ3n) is 2.35. The molecule has 0 saturated heterocycles. The van der Waals surface area contributed by atoms with Gasteiger partial charge in [-0.05, 0) is 26.3 Å². The van der Waals surface area contributed by atoms with E-state index in [0.29, 0.717) is 11.1 Å². The molecule has 0 spiro atoms. The molecule has 0 heterocycles. The second-order valence-electron chi connectivity index (χ2n) is 3.93. The Morgan fingerprint density at radius 1 is 1.17 bits per heavy atom. The smallest absolute Gasteiger partial charge is 0.224 e. The SMILES string of the molecule is Cc1cc(C)c(OC=C(C#N)C#N)c(=O)c(C)c1. The molecule has 0 amide bonds. The zero-order valence-electron chi connectivity index (χ0n) is 10.4. The quantitative estimate of drug-likeness (QED) is 0.587. The van der Waals surface area contributed by atoms with E-state index in [4.69, 9.17) is 15.3 Å². The Balaban J connectivity index is 3.37. The van der Waals surface area contributed by atoms with Crippen LogP contribution in [0.1, 0.15) is 16.7 Å². The van der Waals surface area contributed by atoms with Gasteiger partial charge in [-0.3, -0.25) is 4.79 Å². The molecule has 1 rings (SSSR count). The molecule has 18 heavy (non-hydrogen) atoms. The number of allylic oxidation sites excluding steroid dienone is 1. The predicted molar refractivity (Wildman–Crippen MR) is 66.9 cm³/mol. The molecule has 0 bridgehead atoms. The topological polar surface area (TPSA) is 73.9 Å². The van der Waals surface area contributed by atoms with Crippen LogP contribution < -0.4 is 10.2 Å². The van der Waals surface area contributed by atoms with Gasteiger partial charge in [0.05, 0.1) is 0 Å². The van der Waals surface area contributed by atoms with E-state index in [0.717, 1.165) is 11.8 Å². The van der Waals surface area contributed by atoms with Crippen molar-refractivity contribution in [2.24, 2.45) is 0 Å². The van der Waals surface area contributed by atoms with Crippen molar-refractivity contribution in [1.82, 2.24) is 0 Å². The maximum Gasteiger partial charge on any atom is 0.224 e. The fourth-order valence-electron chi connectivity index (χ4n) is 1.56. The van der Waals surface area contributed by atoms with E-state index in [-0.39, 0.29) is 16.8 Å². The van der Waals surface area contributed by atoms with Gasteiger partial charge < -0.3 is 4.74 Å². The molecule has 4 nitrogen and oxygen atoms in total. The largest absolute Gasteiger partial charge is 0.458 e. The molecule has 0 aliphatic carbocycles. The first-order chi connectivity index (χ1) is 8.49. The zero-order valence-corrected chi connectivity index (χ0v) is 10.4. The Bertz CT molecular complexity index is 630. The fraction of sp³-hybridized carbons (Fsp3) is 0.214. The van der Waals surface area contributed by atoms with Crippen molar-refractivity contribution < 1.29 is 4.74 Å². The molecule has 0 radical (unpaired) electrons. The third kappa shape index (κ3) is 2.96. The Hall–Kier alpha value is -2.59. The third-order valence-corrected chi connectivity index (χ3v) is 2.35. The Kier molecular flexibility index (Phi) is 4.23. The first-order valence-electron chi connectivity index (χ1n) is 5.28. The van der Waals surface area contributed by atoms with Gasteiger partial charge in [-0.1, -0.05) is 17.7 Å². The van der Waals surface area contributed by atoms with Gasteiger partial charge in [-0.25, -0.2) is 0 Å². The normalized spacial score (nSPS) is 8.94. The molecule has 0 aromatic heterocycles. The first-order valence-corrected chi connectivity index (χ1v) is 5.28. The summed E-state index contributed by atoms with van der Waals surface area (Å²) in [6.07, 6.45) is 0.999. The van der Waals surface area contributed by atoms with Crippen LogP contribution in [0.2, 0.25) is 0 Å². The number of hydrogen-bond acceptors (Lipinski definition) is 4. The second kappa shape index (κ2) is 5.65. The highest BCUT2D eigenvalue weighted by molar-refractivity contribution is 5.40. The highest BCUT2D eigenvalue weighted by Gasteiger charge is 2.06. The number of nitrogens with zero attached hydrogens (tertiary/aromatic N) is 2. The first kappa shape index (κ1) is 13.5. The molecule has 1 aromatic rings. The van der Waals surface area contributed by atoms with E-state index in [1.165, 1.54) is 0 Å². The van der Waals surface area contributed by atoms with Crippen molar-refractivity contribution in [1.29, 1.82) is 10.5 Å². The molecule has 4 heteroatoms. The highest BCUT2D eigenvalue weighted by atomic mass is 16.5. The average molecular weight is 240 g/mol. The molecule has 90 valence electrons. The Morgan fingerprint density at radius 2 is 1.72 bits per heavy atom. The van der Waals surface area contributed by atoms with Crippen molar-refractivity contribution >= 4 is 0 Å². The van der Waals surface area contributed by atoms with Gasteiger partial charge in [0, 0.05) is 5.56 Å². The van der Waals surface area contributed by atoms with Crippen molar-refractivity contribution in [3.8, 4) is 17.9 Å². The number of aryl methyl sites for hydroxylation is 3. The number of hydrogen-bond donors (Lipinski definition) is 0. The monoisotopic (exact) mass is 240 g/mol. The van der Waals surface area contributed by atoms with Crippen LogP contribution in [-0.2, 0) is 0 Å². The van der Waals surface area contributed by atoms with Crippen molar-refractivity contribution in [2.45, 2.75) is 20.8 Å². The molecule has 0 fully saturated rings. The summed E-state index contributed by atoms with van der Waals surface area (Å²) < 4.78 is 5.19. The number of nitriles is 2. The number of ether oxygens (including phenoxy) is 1. The summed E-state index contributed by atoms with van der Waals surface area (Å²) in [6.45, 7) is 5.32. The summed E-state index contributed by atoms with van der Waals surface area (Å²) in [5, 5.41) is 17.2. The van der Waals surface area contributed by atoms with E-state index >= 15 is 0 Å². The van der Waals surface area contributed by atoms with Crippen LogP contribution in [0.15, 0.2) is 28.8 Å². The minimum atomic E-state index is -0.243. The molecule has 0 unspecified atom stereocenters. The Morgan fingerprint density at radius 3 is 2.28 bits per heavy atom. The maximum absolute atomic E-state index is 12.0. The standard InChI is InChI=1S/C14H12N2O2/c1-9-4-10(2)13(17)14(11(3)5-9)18-8-12(6-15)7-16/h4-5,8H,1-3H3. The van der Waals surface area contributed by atoms with Crippen LogP contribution in [0.3, 0.4) is 0 Å². The molecular weight excluding hydrogens is 228 g/mol. The minimum Gasteiger partial charge on any atom is -0.458 e. The summed E-state index contributed by atoms with van der Waals surface area (Å²) in [7, 11) is 0. The van der Waals surface area contributed by atoms with Crippen LogP contribution in [0.5, 0.6) is 5.75 Å². The van der Waals surface area contributed by atoms with Crippen LogP contribution in [0.4, 0.5) is 0 Å². The predicted octanol–water partition coefficient (Wildman–Crippen LogP) is 2.28. The summed E-state index contributed by atoms with van der Waals surface area (Å²) >= 11 is 0. The van der Waals surface area contributed by atoms with Gasteiger partial charge in [0.25, 0.3) is 0 Å². The van der Waals surface area contributed by atoms with Gasteiger partial charge in [0.1, 0.15) is 18.4 Å². The van der Waals surface area contributed by atoms with E-state index in [9.17, 15) is 4.79 Å². The Labute approximate surface area is 105 Å². The van der Waals surface area contributed by atoms with E-state index in [1.54, 1.807) is 32.1 Å². The van der Waals surface area contributed by atoms with Crippen molar-refractivity contribution in [2.75, 3.05) is 0 Å². The second-order valence-corrected chi connectivity index (χ2v) is 3.93. The minimum absolute atomic E-state index is 0.142. The van der Waals surface area contributed by atoms with Crippen LogP contribution in [-0.4, -0.2) is 0 Å². The molecule has 0 N–H and O–H groups in total. The summed E-state index contributed by atoms with van der Waals surface area (Å²) in [4.78, 5) is 12.0. The molecule has 0 saturated carbocycles. The van der Waals surface area contributed by atoms with Crippen LogP contribution in [0.25, 0.3) is 0 Å². The summed E-state index contributed by atoms with van der Waals surface area (Å²) in [5.41, 5.74) is 1.74. The summed E-state index contributed by atoms with van der Waals surface area (Å²) in [6, 6.07) is 6.92. The lowest BCUT2D eigenvalue weighted by Gasteiger charge is -1.99. The lowest BCUT2D eigenvalue weighted by Crippen LogP contribution is -2.06. The van der Waals surface area contributed by atoms with E-state index < -0.39 is 0 Å². The van der Waals surface area contributed by atoms with Gasteiger partial charge in [0.2, 0.25) is 5.43 Å². The lowest BCUT2D eigenvalue weighted by molar-refractivity contribution is 0.471. The molecule has 0 atom stereocenters. The molecular formula is C14H12N2O2. The molecule has 0 aliphatic rings. The van der Waals surface area contributed by atoms with Crippen LogP contribution >= 0.6 is 0 Å². The highest BCUT2D eigenvalue weighted by Crippen LogP contribution is 2.14. The van der Waals surface area contributed by atoms with Crippen molar-refractivity contribution in [3.05, 3.63) is 50.9 Å². The zero-order chi connectivity index (χ0) is 13.7. The van der Waals surface area contributed by atoms with Gasteiger partial charge in [0.15, 0.2) is 11.3 Å². The fourth-order valence-corrected chi connectivity index (χ4v) is 1.56. The van der Waals surface area contributed by atoms with Crippen LogP contribution in [0, 0.1) is 43.4 Å². The summed E-state index contributed by atoms with van der Waals surface area (Å²) in [5.74, 6) is 0.142. The lowest BCUT2D eigenvalue weighted by atomic mass is 10.2. The number of rotatable bonds is 2. The average Bonchev–Trinajstić information content (AvgIpc) is 2.41. The van der Waals surface area contributed by atoms with Crippen molar-refractivity contribution in [3.63, 3.8) is 0 Å².